The van der Waals surface area contributed by atoms with Crippen LogP contribution in [0.15, 0.2) is 42.5 Å². The zero-order valence-electron chi connectivity index (χ0n) is 20.1. The molecule has 0 radical (unpaired) electrons. The monoisotopic (exact) mass is 471 g/mol. The van der Waals surface area contributed by atoms with Crippen LogP contribution in [-0.4, -0.2) is 74.8 Å². The summed E-state index contributed by atoms with van der Waals surface area (Å²) in [6.07, 6.45) is -0.468. The lowest BCUT2D eigenvalue weighted by molar-refractivity contribution is -0.154. The number of aliphatic hydroxyl groups excluding tert-OH is 1. The third kappa shape index (κ3) is 4.10. The van der Waals surface area contributed by atoms with Crippen LogP contribution >= 0.6 is 0 Å². The second kappa shape index (κ2) is 9.82. The number of benzene rings is 2. The van der Waals surface area contributed by atoms with E-state index in [-0.39, 0.29) is 0 Å². The van der Waals surface area contributed by atoms with Gasteiger partial charge in [-0.05, 0) is 39.0 Å². The highest BCUT2D eigenvalue weighted by atomic mass is 16.5. The fraction of sp³-hybridized carbons (Fsp3) is 0.500. The summed E-state index contributed by atoms with van der Waals surface area (Å²) in [6, 6.07) is 12.7. The number of fused-ring (bicyclic) bond motifs is 3. The number of carbonyl (C=O) groups is 1. The van der Waals surface area contributed by atoms with Crippen molar-refractivity contribution in [3.63, 3.8) is 0 Å². The van der Waals surface area contributed by atoms with Crippen molar-refractivity contribution >= 4 is 5.97 Å². The molecule has 34 heavy (non-hydrogen) atoms. The van der Waals surface area contributed by atoms with Crippen molar-refractivity contribution in [2.75, 3.05) is 41.5 Å². The lowest BCUT2D eigenvalue weighted by atomic mass is 9.86. The molecule has 1 aliphatic carbocycles. The van der Waals surface area contributed by atoms with Gasteiger partial charge in [-0.25, -0.2) is 0 Å². The third-order valence-corrected chi connectivity index (χ3v) is 6.78. The number of ether oxygens (including phenoxy) is 4. The van der Waals surface area contributed by atoms with Crippen LogP contribution in [0.25, 0.3) is 0 Å². The van der Waals surface area contributed by atoms with Gasteiger partial charge in [-0.1, -0.05) is 30.3 Å². The summed E-state index contributed by atoms with van der Waals surface area (Å²) in [4.78, 5) is 14.8. The molecule has 2 N–H and O–H groups in total. The van der Waals surface area contributed by atoms with Crippen molar-refractivity contribution < 1.29 is 34.0 Å². The molecule has 184 valence electrons. The number of carbonyl (C=O) groups excluding carboxylic acids is 1. The number of nitrogens with zero attached hydrogens (tertiary/aromatic N) is 1. The first kappa shape index (κ1) is 24.3. The number of unbranched alkanes of at least 4 members (excludes halogenated alkanes) is 1. The van der Waals surface area contributed by atoms with E-state index in [0.717, 1.165) is 24.9 Å². The Kier molecular flexibility index (Phi) is 7.02. The average molecular weight is 472 g/mol. The van der Waals surface area contributed by atoms with E-state index >= 15 is 0 Å². The van der Waals surface area contributed by atoms with Gasteiger partial charge in [0.1, 0.15) is 29.5 Å². The normalized spacial score (nSPS) is 27.1. The lowest BCUT2D eigenvalue weighted by Gasteiger charge is -2.27. The zero-order valence-corrected chi connectivity index (χ0v) is 20.1. The number of hydrogen-bond donors (Lipinski definition) is 2. The van der Waals surface area contributed by atoms with Gasteiger partial charge in [0.25, 0.3) is 0 Å². The fourth-order valence-corrected chi connectivity index (χ4v) is 5.18. The molecule has 8 heteroatoms. The molecule has 3 unspecified atom stereocenters. The standard InChI is InChI=1S/C26H33NO7/c1-27(2)12-8-9-13-33-17-14-18(31-3)22-19(15-17)34-24-20(16-10-6-5-7-11-16)21(25(29)32-4)23(28)26(22,24)30/h5-7,10-11,14-15,20-21,23-24,28,30H,8-9,12-13H2,1-4H3/t20-,21?,23?,24?,26+/m1/s1. The van der Waals surface area contributed by atoms with Gasteiger partial charge in [0, 0.05) is 18.1 Å². The SMILES string of the molecule is COC(=O)C1C(O)[C@@]2(O)c3c(OC)cc(OCCCCN(C)C)cc3OC2[C@@H]1c1ccccc1. The van der Waals surface area contributed by atoms with Crippen LogP contribution in [0.2, 0.25) is 0 Å². The van der Waals surface area contributed by atoms with Gasteiger partial charge in [0.05, 0.1) is 32.3 Å². The molecule has 0 saturated heterocycles. The van der Waals surface area contributed by atoms with E-state index in [1.165, 1.54) is 14.2 Å². The van der Waals surface area contributed by atoms with Crippen LogP contribution in [0.3, 0.4) is 0 Å². The van der Waals surface area contributed by atoms with Crippen LogP contribution in [0, 0.1) is 5.92 Å². The van der Waals surface area contributed by atoms with Gasteiger partial charge in [0.2, 0.25) is 0 Å². The van der Waals surface area contributed by atoms with E-state index < -0.39 is 35.6 Å². The van der Waals surface area contributed by atoms with Crippen LogP contribution in [-0.2, 0) is 15.1 Å². The molecule has 2 aliphatic rings. The molecule has 1 heterocycles. The van der Waals surface area contributed by atoms with Gasteiger partial charge < -0.3 is 34.1 Å². The molecular weight excluding hydrogens is 438 g/mol. The quantitative estimate of drug-likeness (QED) is 0.425. The molecule has 0 amide bonds. The van der Waals surface area contributed by atoms with Gasteiger partial charge in [0.15, 0.2) is 5.60 Å². The number of aliphatic hydroxyl groups is 2. The Bertz CT molecular complexity index is 1010. The van der Waals surface area contributed by atoms with E-state index in [1.54, 1.807) is 12.1 Å². The highest BCUT2D eigenvalue weighted by molar-refractivity contribution is 5.77. The molecule has 5 atom stereocenters. The van der Waals surface area contributed by atoms with Crippen molar-refractivity contribution in [3.05, 3.63) is 53.6 Å². The summed E-state index contributed by atoms with van der Waals surface area (Å²) in [5.41, 5.74) is -0.772. The van der Waals surface area contributed by atoms with E-state index in [0.29, 0.717) is 29.4 Å². The molecule has 0 aromatic heterocycles. The molecule has 1 fully saturated rings. The van der Waals surface area contributed by atoms with Crippen molar-refractivity contribution in [1.29, 1.82) is 0 Å². The Morgan fingerprint density at radius 2 is 1.88 bits per heavy atom. The Balaban J connectivity index is 1.67. The molecule has 4 rings (SSSR count). The van der Waals surface area contributed by atoms with E-state index in [4.69, 9.17) is 18.9 Å². The molecule has 0 spiro atoms. The number of rotatable bonds is 9. The molecule has 2 aromatic rings. The van der Waals surface area contributed by atoms with Crippen LogP contribution < -0.4 is 14.2 Å². The maximum atomic E-state index is 12.7. The minimum Gasteiger partial charge on any atom is -0.496 e. The van der Waals surface area contributed by atoms with Crippen molar-refractivity contribution in [1.82, 2.24) is 4.90 Å². The first-order valence-electron chi connectivity index (χ1n) is 11.5. The summed E-state index contributed by atoms with van der Waals surface area (Å²) in [5, 5.41) is 23.2. The maximum absolute atomic E-state index is 12.7. The largest absolute Gasteiger partial charge is 0.496 e. The second-order valence-electron chi connectivity index (χ2n) is 9.15. The van der Waals surface area contributed by atoms with E-state index in [2.05, 4.69) is 4.90 Å². The highest BCUT2D eigenvalue weighted by Gasteiger charge is 2.69. The molecule has 8 nitrogen and oxygen atoms in total. The predicted molar refractivity (Wildman–Crippen MR) is 125 cm³/mol. The van der Waals surface area contributed by atoms with Gasteiger partial charge in [-0.2, -0.15) is 0 Å². The number of esters is 1. The smallest absolute Gasteiger partial charge is 0.312 e. The van der Waals surface area contributed by atoms with Crippen LogP contribution in [0.1, 0.15) is 29.9 Å². The molecule has 1 saturated carbocycles. The van der Waals surface area contributed by atoms with Gasteiger partial charge >= 0.3 is 5.97 Å². The lowest BCUT2D eigenvalue weighted by Crippen LogP contribution is -2.44. The summed E-state index contributed by atoms with van der Waals surface area (Å²) < 4.78 is 22.8. The van der Waals surface area contributed by atoms with Crippen molar-refractivity contribution in [3.8, 4) is 17.2 Å². The summed E-state index contributed by atoms with van der Waals surface area (Å²) in [7, 11) is 6.83. The Labute approximate surface area is 200 Å². The Morgan fingerprint density at radius 3 is 2.53 bits per heavy atom. The molecule has 2 aromatic carbocycles. The minimum atomic E-state index is -1.86. The Morgan fingerprint density at radius 1 is 1.15 bits per heavy atom. The Hall–Kier alpha value is -2.81. The van der Waals surface area contributed by atoms with E-state index in [9.17, 15) is 15.0 Å². The van der Waals surface area contributed by atoms with Crippen molar-refractivity contribution in [2.45, 2.75) is 36.6 Å². The van der Waals surface area contributed by atoms with Crippen molar-refractivity contribution in [2.24, 2.45) is 5.92 Å². The molecule has 0 bridgehead atoms. The average Bonchev–Trinajstić information content (AvgIpc) is 3.25. The summed E-state index contributed by atoms with van der Waals surface area (Å²) in [6.45, 7) is 1.51. The maximum Gasteiger partial charge on any atom is 0.312 e. The predicted octanol–water partition coefficient (Wildman–Crippen LogP) is 2.31. The zero-order chi connectivity index (χ0) is 24.5. The van der Waals surface area contributed by atoms with E-state index in [1.807, 2.05) is 44.4 Å². The summed E-state index contributed by atoms with van der Waals surface area (Å²) in [5.74, 6) is -0.972. The molecule has 1 aliphatic heterocycles. The van der Waals surface area contributed by atoms with Crippen LogP contribution in [0.4, 0.5) is 0 Å². The highest BCUT2D eigenvalue weighted by Crippen LogP contribution is 2.60. The summed E-state index contributed by atoms with van der Waals surface area (Å²) >= 11 is 0. The van der Waals surface area contributed by atoms with Gasteiger partial charge in [-0.3, -0.25) is 4.79 Å². The van der Waals surface area contributed by atoms with Crippen LogP contribution in [0.5, 0.6) is 17.2 Å². The fourth-order valence-electron chi connectivity index (χ4n) is 5.18. The third-order valence-electron chi connectivity index (χ3n) is 6.78. The molecular formula is C26H33NO7. The minimum absolute atomic E-state index is 0.319. The van der Waals surface area contributed by atoms with Gasteiger partial charge in [-0.15, -0.1) is 0 Å². The number of hydrogen-bond acceptors (Lipinski definition) is 8. The number of methoxy groups -OCH3 is 2. The first-order chi connectivity index (χ1) is 16.3. The first-order valence-corrected chi connectivity index (χ1v) is 11.5. The second-order valence-corrected chi connectivity index (χ2v) is 9.15. The topological polar surface area (TPSA) is 97.7 Å².